The zero-order valence-electron chi connectivity index (χ0n) is 10.1. The van der Waals surface area contributed by atoms with Crippen molar-refractivity contribution in [2.45, 2.75) is 0 Å². The summed E-state index contributed by atoms with van der Waals surface area (Å²) in [4.78, 5) is 11.9. The molecule has 2 aromatic carbocycles. The van der Waals surface area contributed by atoms with Crippen LogP contribution in [0.1, 0.15) is 10.4 Å². The monoisotopic (exact) mass is 356 g/mol. The average Bonchev–Trinajstić information content (AvgIpc) is 2.40. The minimum absolute atomic E-state index is 0.217. The summed E-state index contributed by atoms with van der Waals surface area (Å²) in [6.45, 7) is -0.217. The molecule has 0 amide bonds. The molecule has 0 bridgehead atoms. The van der Waals surface area contributed by atoms with Crippen LogP contribution in [0.4, 0.5) is 0 Å². The lowest BCUT2D eigenvalue weighted by Gasteiger charge is -2.08. The second-order valence-electron chi connectivity index (χ2n) is 3.99. The first-order chi connectivity index (χ1) is 9.47. The number of benzene rings is 2. The van der Waals surface area contributed by atoms with Crippen molar-refractivity contribution in [2.75, 3.05) is 6.61 Å². The lowest BCUT2D eigenvalue weighted by atomic mass is 10.1. The number of hydrogen-bond acceptors (Lipinski definition) is 4. The van der Waals surface area contributed by atoms with Crippen LogP contribution < -0.4 is 4.74 Å². The van der Waals surface area contributed by atoms with Crippen molar-refractivity contribution in [2.24, 2.45) is 0 Å². The summed E-state index contributed by atoms with van der Waals surface area (Å²) >= 11 is 9.23. The number of rotatable bonds is 4. The summed E-state index contributed by atoms with van der Waals surface area (Å²) in [5.41, 5.74) is 0.244. The summed E-state index contributed by atoms with van der Waals surface area (Å²) in [7, 11) is 0. The van der Waals surface area contributed by atoms with E-state index in [1.165, 1.54) is 18.2 Å². The molecule has 4 nitrogen and oxygen atoms in total. The van der Waals surface area contributed by atoms with Gasteiger partial charge < -0.3 is 14.9 Å². The Kier molecular flexibility index (Phi) is 4.52. The van der Waals surface area contributed by atoms with Crippen LogP contribution in [0.15, 0.2) is 40.9 Å². The molecular weight excluding hydrogens is 348 g/mol. The molecule has 2 rings (SSSR count). The highest BCUT2D eigenvalue weighted by Crippen LogP contribution is 2.28. The number of halogens is 2. The van der Waals surface area contributed by atoms with Crippen LogP contribution in [0, 0.1) is 0 Å². The van der Waals surface area contributed by atoms with E-state index < -0.39 is 0 Å². The Morgan fingerprint density at radius 3 is 2.55 bits per heavy atom. The molecule has 0 unspecified atom stereocenters. The molecule has 0 fully saturated rings. The summed E-state index contributed by atoms with van der Waals surface area (Å²) < 4.78 is 6.14. The van der Waals surface area contributed by atoms with E-state index in [1.807, 2.05) is 0 Å². The Hall–Kier alpha value is -1.72. The third kappa shape index (κ3) is 3.43. The molecule has 0 aromatic heterocycles. The fraction of sp³-hybridized carbons (Fsp3) is 0.0714. The van der Waals surface area contributed by atoms with Crippen molar-refractivity contribution in [3.05, 3.63) is 51.5 Å². The van der Waals surface area contributed by atoms with Gasteiger partial charge in [-0.15, -0.1) is 0 Å². The third-order valence-corrected chi connectivity index (χ3v) is 3.34. The zero-order chi connectivity index (χ0) is 14.7. The van der Waals surface area contributed by atoms with Gasteiger partial charge in [0.15, 0.2) is 23.9 Å². The molecule has 2 N–H and O–H groups in total. The molecule has 0 aliphatic carbocycles. The molecular formula is C14H10BrClO4. The number of phenolic OH excluding ortho intramolecular Hbond substituents is 2. The van der Waals surface area contributed by atoms with Crippen molar-refractivity contribution in [1.82, 2.24) is 0 Å². The van der Waals surface area contributed by atoms with Gasteiger partial charge >= 0.3 is 0 Å². The van der Waals surface area contributed by atoms with Gasteiger partial charge in [0, 0.05) is 10.0 Å². The van der Waals surface area contributed by atoms with E-state index in [9.17, 15) is 15.0 Å². The summed E-state index contributed by atoms with van der Waals surface area (Å²) in [6.07, 6.45) is 0. The molecule has 0 heterocycles. The Morgan fingerprint density at radius 2 is 1.90 bits per heavy atom. The Bertz CT molecular complexity index is 658. The van der Waals surface area contributed by atoms with Crippen LogP contribution in [-0.4, -0.2) is 22.6 Å². The van der Waals surface area contributed by atoms with E-state index in [2.05, 4.69) is 15.9 Å². The maximum Gasteiger partial charge on any atom is 0.200 e. The maximum atomic E-state index is 11.9. The topological polar surface area (TPSA) is 66.8 Å². The largest absolute Gasteiger partial charge is 0.504 e. The van der Waals surface area contributed by atoms with Crippen LogP contribution in [0.3, 0.4) is 0 Å². The minimum Gasteiger partial charge on any atom is -0.504 e. The highest BCUT2D eigenvalue weighted by atomic mass is 79.9. The van der Waals surface area contributed by atoms with Crippen molar-refractivity contribution in [3.8, 4) is 17.2 Å². The lowest BCUT2D eigenvalue weighted by Crippen LogP contribution is -2.11. The number of carbonyl (C=O) groups is 1. The molecule has 0 saturated carbocycles. The van der Waals surface area contributed by atoms with Gasteiger partial charge in [-0.3, -0.25) is 4.79 Å². The molecule has 20 heavy (non-hydrogen) atoms. The van der Waals surface area contributed by atoms with Crippen LogP contribution in [0.2, 0.25) is 5.02 Å². The maximum absolute atomic E-state index is 11.9. The third-order valence-electron chi connectivity index (χ3n) is 2.55. The standard InChI is InChI=1S/C14H10BrClO4/c15-9-2-4-14(10(16)6-9)20-7-13(19)8-1-3-11(17)12(18)5-8/h1-6,17-18H,7H2. The highest BCUT2D eigenvalue weighted by molar-refractivity contribution is 9.10. The first-order valence-electron chi connectivity index (χ1n) is 5.60. The van der Waals surface area contributed by atoms with Crippen molar-refractivity contribution >= 4 is 33.3 Å². The van der Waals surface area contributed by atoms with Crippen LogP contribution in [0.25, 0.3) is 0 Å². The summed E-state index contributed by atoms with van der Waals surface area (Å²) in [6, 6.07) is 8.89. The number of Topliss-reactive ketones (excluding diaryl/α,β-unsaturated/α-hetero) is 1. The molecule has 104 valence electrons. The van der Waals surface area contributed by atoms with E-state index in [0.717, 1.165) is 4.47 Å². The lowest BCUT2D eigenvalue weighted by molar-refractivity contribution is 0.0921. The fourth-order valence-corrected chi connectivity index (χ4v) is 2.24. The van der Waals surface area contributed by atoms with Gasteiger partial charge in [-0.2, -0.15) is 0 Å². The predicted octanol–water partition coefficient (Wildman–Crippen LogP) is 3.78. The van der Waals surface area contributed by atoms with Gasteiger partial charge in [-0.25, -0.2) is 0 Å². The number of ether oxygens (including phenoxy) is 1. The van der Waals surface area contributed by atoms with E-state index in [0.29, 0.717) is 10.8 Å². The van der Waals surface area contributed by atoms with Gasteiger partial charge in [0.05, 0.1) is 5.02 Å². The SMILES string of the molecule is O=C(COc1ccc(Br)cc1Cl)c1ccc(O)c(O)c1. The quantitative estimate of drug-likeness (QED) is 0.645. The van der Waals surface area contributed by atoms with Gasteiger partial charge in [0.2, 0.25) is 0 Å². The first-order valence-corrected chi connectivity index (χ1v) is 6.77. The summed E-state index contributed by atoms with van der Waals surface area (Å²) in [5, 5.41) is 18.9. The Balaban J connectivity index is 2.06. The van der Waals surface area contributed by atoms with E-state index in [4.69, 9.17) is 16.3 Å². The number of carbonyl (C=O) groups excluding carboxylic acids is 1. The van der Waals surface area contributed by atoms with Gasteiger partial charge in [-0.1, -0.05) is 27.5 Å². The van der Waals surface area contributed by atoms with Crippen LogP contribution in [0.5, 0.6) is 17.2 Å². The molecule has 2 aromatic rings. The molecule has 0 aliphatic heterocycles. The van der Waals surface area contributed by atoms with Crippen LogP contribution >= 0.6 is 27.5 Å². The molecule has 0 aliphatic rings. The highest BCUT2D eigenvalue weighted by Gasteiger charge is 2.11. The van der Waals surface area contributed by atoms with Gasteiger partial charge in [0.1, 0.15) is 5.75 Å². The zero-order valence-corrected chi connectivity index (χ0v) is 12.5. The van der Waals surface area contributed by atoms with Crippen molar-refractivity contribution in [3.63, 3.8) is 0 Å². The number of ketones is 1. The number of phenols is 2. The summed E-state index contributed by atoms with van der Waals surface area (Å²) in [5.74, 6) is -0.568. The van der Waals surface area contributed by atoms with Crippen molar-refractivity contribution in [1.29, 1.82) is 0 Å². The number of hydrogen-bond donors (Lipinski definition) is 2. The predicted molar refractivity (Wildman–Crippen MR) is 78.7 cm³/mol. The molecule has 0 spiro atoms. The molecule has 0 radical (unpaired) electrons. The fourth-order valence-electron chi connectivity index (χ4n) is 1.52. The normalized spacial score (nSPS) is 10.3. The molecule has 6 heteroatoms. The average molecular weight is 358 g/mol. The first kappa shape index (κ1) is 14.7. The van der Waals surface area contributed by atoms with Crippen molar-refractivity contribution < 1.29 is 19.7 Å². The number of aromatic hydroxyl groups is 2. The smallest absolute Gasteiger partial charge is 0.200 e. The van der Waals surface area contributed by atoms with E-state index >= 15 is 0 Å². The molecule has 0 saturated heterocycles. The van der Waals surface area contributed by atoms with Gasteiger partial charge in [-0.05, 0) is 36.4 Å². The Morgan fingerprint density at radius 1 is 1.15 bits per heavy atom. The van der Waals surface area contributed by atoms with E-state index in [1.54, 1.807) is 18.2 Å². The van der Waals surface area contributed by atoms with E-state index in [-0.39, 0.29) is 29.5 Å². The minimum atomic E-state index is -0.350. The van der Waals surface area contributed by atoms with Gasteiger partial charge in [0.25, 0.3) is 0 Å². The second-order valence-corrected chi connectivity index (χ2v) is 5.31. The second kappa shape index (κ2) is 6.15. The Labute approximate surface area is 128 Å². The molecule has 0 atom stereocenters. The van der Waals surface area contributed by atoms with Crippen LogP contribution in [-0.2, 0) is 0 Å².